The molecule has 88 heavy (non-hydrogen) atoms. The van der Waals surface area contributed by atoms with Gasteiger partial charge in [-0.15, -0.1) is 0 Å². The fraction of sp³-hybridized carbons (Fsp3) is 0.441. The summed E-state index contributed by atoms with van der Waals surface area (Å²) in [6.45, 7) is 20.5. The number of fused-ring (bicyclic) bond motifs is 2. The lowest BCUT2D eigenvalue weighted by atomic mass is 9.81. The van der Waals surface area contributed by atoms with E-state index in [-0.39, 0.29) is 76.4 Å². The number of aryl methyl sites for hydroxylation is 1. The SMILES string of the molecule is C=C1N=C(N)C(CO[C@@H](c2ccc(C#CCCC(=O)CCCCC[N+]3=C(C=CC=CC=C4N(CC)c5ccc(C)cc5C4(C)C)C(C)(C)c4cc(S(=O)(=O)O)ccc43)cc2[N+](=O)[O-])C(C)C)=CN1[C@H]1C[C@@H](O)[C@@H](COP(=O)(O)OP(=O)(O)OP(=O)(O)O)O1. The first-order chi connectivity index (χ1) is 41.0. The molecule has 4 aliphatic heterocycles. The van der Waals surface area contributed by atoms with Crippen molar-refractivity contribution in [1.29, 1.82) is 0 Å². The van der Waals surface area contributed by atoms with Crippen LogP contribution < -0.4 is 10.6 Å². The van der Waals surface area contributed by atoms with Gasteiger partial charge in [-0.1, -0.05) is 82.0 Å². The number of amidine groups is 1. The standard InChI is InChI=1S/C59H75N6O19P3S/c1-10-62-48-28-24-39(4)31-46(48)58(6,7)53(62)22-14-11-15-23-54-59(8,9)47-33-44(88(77,78)79)26-29-49(47)63(54)30-18-12-13-20-43(66)21-17-16-19-41-25-27-45(50(32-41)65(68)69)56(38(2)3)80-36-42-35-64(40(5)61-57(42)60)55-34-51(67)52(82-55)37-81-86(73,74)84-87(75,76)83-85(70,71)72/h11,14-15,22-29,31-33,35,38,51-52,55-56,67H,5,10,12-13,17-18,20-21,30,34,36-37H2,1-4,6-9H3,(H6-,60,61,70,71,72,73,74,75,76,77,78,79)/p+1/t51-,52-,55-,56-/m1/s1. The highest BCUT2D eigenvalue weighted by Crippen LogP contribution is 2.66. The Morgan fingerprint density at radius 3 is 2.38 bits per heavy atom. The number of aliphatic hydroxyl groups excluding tert-OH is 1. The molecule has 1 saturated heterocycles. The van der Waals surface area contributed by atoms with Crippen LogP contribution in [-0.2, 0) is 62.1 Å². The molecule has 4 aliphatic rings. The zero-order valence-electron chi connectivity index (χ0n) is 50.1. The summed E-state index contributed by atoms with van der Waals surface area (Å²) in [4.78, 5) is 69.7. The van der Waals surface area contributed by atoms with Crippen molar-refractivity contribution in [3.63, 3.8) is 0 Å². The fourth-order valence-electron chi connectivity index (χ4n) is 11.1. The highest BCUT2D eigenvalue weighted by molar-refractivity contribution is 7.85. The summed E-state index contributed by atoms with van der Waals surface area (Å²) in [5.41, 5.74) is 13.6. The molecule has 25 nitrogen and oxygen atoms in total. The number of aliphatic imine (C=N–C) groups is 1. The number of anilines is 1. The van der Waals surface area contributed by atoms with E-state index in [9.17, 15) is 56.5 Å². The van der Waals surface area contributed by atoms with Crippen LogP contribution in [0.1, 0.15) is 127 Å². The number of nitro groups is 1. The van der Waals surface area contributed by atoms with Crippen molar-refractivity contribution >= 4 is 68.0 Å². The van der Waals surface area contributed by atoms with E-state index in [1.165, 1.54) is 51.8 Å². The number of ether oxygens (including phenoxy) is 2. The van der Waals surface area contributed by atoms with Crippen LogP contribution in [0.3, 0.4) is 0 Å². The predicted molar refractivity (Wildman–Crippen MR) is 329 cm³/mol. The first-order valence-corrected chi connectivity index (χ1v) is 34.3. The number of nitro benzene ring substituents is 1. The van der Waals surface area contributed by atoms with Gasteiger partial charge in [-0.3, -0.25) is 24.0 Å². The third kappa shape index (κ3) is 17.0. The average molecular weight is 1300 g/mol. The summed E-state index contributed by atoms with van der Waals surface area (Å²) < 4.78 is 95.7. The predicted octanol–water partition coefficient (Wildman–Crippen LogP) is 9.86. The molecule has 0 aromatic heterocycles. The van der Waals surface area contributed by atoms with Gasteiger partial charge in [0.05, 0.1) is 46.2 Å². The van der Waals surface area contributed by atoms with Crippen molar-refractivity contribution in [2.45, 2.75) is 141 Å². The van der Waals surface area contributed by atoms with E-state index in [0.717, 1.165) is 36.3 Å². The van der Waals surface area contributed by atoms with Crippen LogP contribution in [0.5, 0.6) is 0 Å². The second kappa shape index (κ2) is 28.0. The van der Waals surface area contributed by atoms with Gasteiger partial charge < -0.3 is 49.7 Å². The Labute approximate surface area is 512 Å². The third-order valence-corrected chi connectivity index (χ3v) is 20.1. The van der Waals surface area contributed by atoms with Gasteiger partial charge in [-0.25, -0.2) is 18.7 Å². The third-order valence-electron chi connectivity index (χ3n) is 15.4. The number of likely N-dealkylation sites (N-methyl/N-ethyl adjacent to an activating group) is 1. The number of nitrogens with two attached hydrogens (primary N) is 1. The molecule has 0 spiro atoms. The Morgan fingerprint density at radius 2 is 1.70 bits per heavy atom. The highest BCUT2D eigenvalue weighted by Gasteiger charge is 2.46. The van der Waals surface area contributed by atoms with Crippen molar-refractivity contribution in [3.8, 4) is 11.8 Å². The first-order valence-electron chi connectivity index (χ1n) is 28.3. The number of rotatable bonds is 27. The van der Waals surface area contributed by atoms with Crippen LogP contribution in [0, 0.1) is 34.8 Å². The molecule has 0 aliphatic carbocycles. The number of phosphoric acid groups is 3. The number of phosphoric ester groups is 1. The number of carbonyl (C=O) groups is 1. The number of aliphatic hydroxyl groups is 1. The molecule has 476 valence electrons. The summed E-state index contributed by atoms with van der Waals surface area (Å²) in [5, 5.41) is 23.2. The van der Waals surface area contributed by atoms with Crippen LogP contribution >= 0.6 is 23.5 Å². The number of benzene rings is 3. The topological polar surface area (TPSA) is 361 Å². The molecule has 3 aromatic carbocycles. The minimum absolute atomic E-state index is 0.00902. The van der Waals surface area contributed by atoms with E-state index in [1.807, 2.05) is 38.2 Å². The zero-order chi connectivity index (χ0) is 64.9. The van der Waals surface area contributed by atoms with Gasteiger partial charge in [0.2, 0.25) is 5.69 Å². The summed E-state index contributed by atoms with van der Waals surface area (Å²) in [5.74, 6) is 5.67. The molecule has 7 rings (SSSR count). The van der Waals surface area contributed by atoms with Crippen LogP contribution in [-0.4, -0.2) is 114 Å². The highest BCUT2D eigenvalue weighted by atomic mass is 32.2. The van der Waals surface area contributed by atoms with Crippen LogP contribution in [0.2, 0.25) is 0 Å². The summed E-state index contributed by atoms with van der Waals surface area (Å²) in [7, 11) is -21.4. The molecular formula is C59H76N6O19P3S+. The fourth-order valence-corrected chi connectivity index (χ4v) is 14.6. The number of allylic oxidation sites excluding steroid dienone is 6. The van der Waals surface area contributed by atoms with E-state index < -0.39 is 75.1 Å². The smallest absolute Gasteiger partial charge is 0.390 e. The van der Waals surface area contributed by atoms with E-state index in [4.69, 9.17) is 25.0 Å². The van der Waals surface area contributed by atoms with Gasteiger partial charge in [-0.05, 0) is 88.4 Å². The lowest BCUT2D eigenvalue weighted by molar-refractivity contribution is -0.438. The van der Waals surface area contributed by atoms with Crippen LogP contribution in [0.15, 0.2) is 125 Å². The van der Waals surface area contributed by atoms with E-state index in [2.05, 4.69) is 98.0 Å². The quantitative estimate of drug-likeness (QED) is 0.00545. The van der Waals surface area contributed by atoms with Gasteiger partial charge in [-0.2, -0.15) is 21.6 Å². The van der Waals surface area contributed by atoms with E-state index in [1.54, 1.807) is 32.0 Å². The second-order valence-corrected chi connectivity index (χ2v) is 28.8. The molecular weight excluding hydrogens is 1220 g/mol. The maximum atomic E-state index is 13.1. The lowest BCUT2D eigenvalue weighted by Gasteiger charge is -2.31. The van der Waals surface area contributed by atoms with E-state index >= 15 is 0 Å². The molecule has 0 saturated carbocycles. The van der Waals surface area contributed by atoms with Gasteiger partial charge in [0, 0.05) is 96.6 Å². The van der Waals surface area contributed by atoms with Crippen molar-refractivity contribution in [2.75, 3.05) is 31.2 Å². The van der Waals surface area contributed by atoms with Crippen LogP contribution in [0.25, 0.3) is 0 Å². The Hall–Kier alpha value is -6.07. The average Bonchev–Trinajstić information content (AvgIpc) is 1.78. The van der Waals surface area contributed by atoms with Crippen LogP contribution in [0.4, 0.5) is 17.1 Å². The Bertz CT molecular complexity index is 3750. The molecule has 8 N–H and O–H groups in total. The molecule has 29 heteroatoms. The molecule has 0 bridgehead atoms. The second-order valence-electron chi connectivity index (χ2n) is 23.0. The molecule has 1 fully saturated rings. The number of carbonyl (C=O) groups excluding carboxylic acids is 1. The van der Waals surface area contributed by atoms with Gasteiger partial charge in [0.1, 0.15) is 36.3 Å². The molecule has 6 atom stereocenters. The van der Waals surface area contributed by atoms with Gasteiger partial charge >= 0.3 is 23.5 Å². The summed E-state index contributed by atoms with van der Waals surface area (Å²) in [6.07, 6.45) is 9.75. The number of hydrogen-bond donors (Lipinski definition) is 7. The number of ketones is 1. The van der Waals surface area contributed by atoms with Gasteiger partial charge in [0.15, 0.2) is 5.71 Å². The molecule has 0 amide bonds. The Kier molecular flexibility index (Phi) is 22.1. The number of nitrogens with zero attached hydrogens (tertiary/aromatic N) is 5. The number of Topliss-reactive ketones (excluding diaryl/α,β-unsaturated/α-hetero) is 1. The lowest BCUT2D eigenvalue weighted by Crippen LogP contribution is -2.36. The Morgan fingerprint density at radius 1 is 0.977 bits per heavy atom. The largest absolute Gasteiger partial charge is 0.490 e. The normalized spacial score (nSPS) is 21.3. The van der Waals surface area contributed by atoms with Crippen molar-refractivity contribution in [3.05, 3.63) is 153 Å². The number of unbranched alkanes of at least 4 members (excludes halogenated alkanes) is 2. The molecule has 3 aromatic rings. The first kappa shape index (κ1) is 69.4. The van der Waals surface area contributed by atoms with Gasteiger partial charge in [0.25, 0.3) is 15.8 Å². The molecule has 4 heterocycles. The summed E-state index contributed by atoms with van der Waals surface area (Å²) in [6, 6.07) is 15.8. The van der Waals surface area contributed by atoms with E-state index in [0.29, 0.717) is 24.9 Å². The van der Waals surface area contributed by atoms with Crippen molar-refractivity contribution in [1.82, 2.24) is 4.90 Å². The minimum Gasteiger partial charge on any atom is -0.390 e. The monoisotopic (exact) mass is 1300 g/mol. The molecule has 2 unspecified atom stereocenters. The van der Waals surface area contributed by atoms with Crippen molar-refractivity contribution in [2.24, 2.45) is 16.6 Å². The Balaban J connectivity index is 0.928. The molecule has 0 radical (unpaired) electrons. The maximum absolute atomic E-state index is 13.1. The van der Waals surface area contributed by atoms with Crippen molar-refractivity contribution < 1.29 is 88.3 Å². The maximum Gasteiger partial charge on any atom is 0.490 e. The zero-order valence-corrected chi connectivity index (χ0v) is 53.6. The number of hydrogen-bond acceptors (Lipinski definition) is 18. The minimum atomic E-state index is -5.79. The summed E-state index contributed by atoms with van der Waals surface area (Å²) >= 11 is 0.